The van der Waals surface area contributed by atoms with Crippen molar-refractivity contribution >= 4 is 40.8 Å². The van der Waals surface area contributed by atoms with Gasteiger partial charge in [-0.3, -0.25) is 9.59 Å². The fourth-order valence-corrected chi connectivity index (χ4v) is 6.01. The molecule has 0 saturated carbocycles. The van der Waals surface area contributed by atoms with E-state index in [9.17, 15) is 18.8 Å². The molecule has 0 aromatic heterocycles. The van der Waals surface area contributed by atoms with Gasteiger partial charge in [0.2, 0.25) is 0 Å². The number of hydrogen-bond acceptors (Lipinski definition) is 5. The molecule has 1 atom stereocenters. The van der Waals surface area contributed by atoms with Crippen LogP contribution in [0.25, 0.3) is 0 Å². The topological polar surface area (TPSA) is 84.9 Å². The number of nitrogens with zero attached hydrogens (tertiary/aromatic N) is 1. The van der Waals surface area contributed by atoms with Gasteiger partial charge in [0.15, 0.2) is 0 Å². The van der Waals surface area contributed by atoms with Gasteiger partial charge in [-0.15, -0.1) is 0 Å². The number of benzene rings is 3. The van der Waals surface area contributed by atoms with Crippen LogP contribution in [0.5, 0.6) is 5.75 Å². The summed E-state index contributed by atoms with van der Waals surface area (Å²) in [6.45, 7) is 6.27. The second-order valence-electron chi connectivity index (χ2n) is 11.2. The number of anilines is 2. The predicted octanol–water partition coefficient (Wildman–Crippen LogP) is 7.38. The monoisotopic (exact) mass is 604 g/mol. The number of halogens is 2. The summed E-state index contributed by atoms with van der Waals surface area (Å²) in [6, 6.07) is 16.3. The molecule has 7 nitrogen and oxygen atoms in total. The highest BCUT2D eigenvalue weighted by Gasteiger charge is 2.39. The summed E-state index contributed by atoms with van der Waals surface area (Å²) in [7, 11) is 0. The number of hydrogen-bond donors (Lipinski definition) is 1. The smallest absolute Gasteiger partial charge is 0.333 e. The molecule has 2 aliphatic rings. The lowest BCUT2D eigenvalue weighted by Crippen LogP contribution is -2.33. The van der Waals surface area contributed by atoms with Crippen molar-refractivity contribution in [2.45, 2.75) is 52.6 Å². The number of ether oxygens (including phenoxy) is 2. The number of fused-ring (bicyclic) bond motifs is 1. The zero-order chi connectivity index (χ0) is 30.7. The van der Waals surface area contributed by atoms with E-state index < -0.39 is 11.7 Å². The van der Waals surface area contributed by atoms with E-state index in [2.05, 4.69) is 11.4 Å². The van der Waals surface area contributed by atoms with Gasteiger partial charge in [-0.25, -0.2) is 9.18 Å². The first-order valence-corrected chi connectivity index (χ1v) is 14.8. The normalized spacial score (nSPS) is 17.7. The molecular weight excluding hydrogens is 571 g/mol. The first-order chi connectivity index (χ1) is 20.6. The molecule has 43 heavy (non-hydrogen) atoms. The molecule has 9 heteroatoms. The van der Waals surface area contributed by atoms with Crippen molar-refractivity contribution in [2.75, 3.05) is 23.4 Å². The Morgan fingerprint density at radius 1 is 1.07 bits per heavy atom. The maximum atomic E-state index is 14.1. The third kappa shape index (κ3) is 6.59. The van der Waals surface area contributed by atoms with E-state index in [1.807, 2.05) is 38.1 Å². The van der Waals surface area contributed by atoms with Crippen LogP contribution in [0.1, 0.15) is 66.3 Å². The Morgan fingerprint density at radius 3 is 2.63 bits per heavy atom. The maximum absolute atomic E-state index is 14.1. The quantitative estimate of drug-likeness (QED) is 0.284. The zero-order valence-corrected chi connectivity index (χ0v) is 25.2. The molecule has 5 rings (SSSR count). The van der Waals surface area contributed by atoms with E-state index in [1.54, 1.807) is 30.0 Å². The van der Waals surface area contributed by atoms with E-state index in [-0.39, 0.29) is 34.0 Å². The van der Waals surface area contributed by atoms with Crippen LogP contribution < -0.4 is 15.0 Å². The van der Waals surface area contributed by atoms with Crippen LogP contribution in [0, 0.1) is 11.2 Å². The molecule has 0 fully saturated rings. The third-order valence-corrected chi connectivity index (χ3v) is 8.16. The number of rotatable bonds is 7. The number of para-hydroxylation sites is 1. The van der Waals surface area contributed by atoms with Crippen LogP contribution in [0.4, 0.5) is 15.8 Å². The number of esters is 1. The molecule has 3 aromatic carbocycles. The summed E-state index contributed by atoms with van der Waals surface area (Å²) in [5.74, 6) is -1.36. The Labute approximate surface area is 255 Å². The molecule has 0 saturated heterocycles. The third-order valence-electron chi connectivity index (χ3n) is 7.83. The fraction of sp³-hybridized carbons (Fsp3) is 0.324. The molecule has 1 aliphatic heterocycles. The first kappa shape index (κ1) is 30.3. The minimum Gasteiger partial charge on any atom is -0.489 e. The van der Waals surface area contributed by atoms with Gasteiger partial charge in [0, 0.05) is 23.4 Å². The zero-order valence-electron chi connectivity index (χ0n) is 24.4. The molecule has 0 unspecified atom stereocenters. The number of amides is 2. The largest absolute Gasteiger partial charge is 0.489 e. The molecule has 1 N–H and O–H groups in total. The summed E-state index contributed by atoms with van der Waals surface area (Å²) in [4.78, 5) is 41.3. The van der Waals surface area contributed by atoms with Crippen LogP contribution in [0.3, 0.4) is 0 Å². The summed E-state index contributed by atoms with van der Waals surface area (Å²) in [6.07, 6.45) is 4.68. The summed E-state index contributed by atoms with van der Waals surface area (Å²) >= 11 is 6.14. The molecule has 1 spiro atoms. The SMILES string of the molecule is CCOC(=O)C1=C[C@@]2(CC1)CCN(C(=O)c1ccc(NC(=O)c3cc(F)ccc3Cl)c(OC(C)C)c1)c1ccccc1C2. The lowest BCUT2D eigenvalue weighted by Gasteiger charge is -2.26. The Balaban J connectivity index is 1.44. The molecule has 3 aromatic rings. The molecule has 0 bridgehead atoms. The van der Waals surface area contributed by atoms with Crippen molar-refractivity contribution in [3.8, 4) is 5.75 Å². The lowest BCUT2D eigenvalue weighted by atomic mass is 9.79. The van der Waals surface area contributed by atoms with Gasteiger partial charge in [-0.2, -0.15) is 0 Å². The average Bonchev–Trinajstić information content (AvgIpc) is 3.32. The highest BCUT2D eigenvalue weighted by molar-refractivity contribution is 6.34. The standard InChI is InChI=1S/C34H34ClFN2O5/c1-4-42-33(41)24-13-14-34(20-24)15-16-38(29-8-6-5-7-23(29)19-34)32(40)22-9-12-28(30(17-22)43-21(2)3)37-31(39)26-18-25(36)10-11-27(26)35/h5-12,17-18,20-21H,4,13-16,19H2,1-3H3,(H,37,39)/t34-/m0/s1. The average molecular weight is 605 g/mol. The first-order valence-electron chi connectivity index (χ1n) is 14.4. The Morgan fingerprint density at radius 2 is 1.86 bits per heavy atom. The Bertz CT molecular complexity index is 1600. The minimum absolute atomic E-state index is 0.0144. The van der Waals surface area contributed by atoms with Crippen LogP contribution in [-0.4, -0.2) is 37.0 Å². The molecule has 224 valence electrons. The van der Waals surface area contributed by atoms with Crippen LogP contribution in [0.15, 0.2) is 72.3 Å². The van der Waals surface area contributed by atoms with Gasteiger partial charge in [0.05, 0.1) is 29.0 Å². The van der Waals surface area contributed by atoms with Gasteiger partial charge in [-0.1, -0.05) is 35.9 Å². The van der Waals surface area contributed by atoms with Crippen LogP contribution in [0.2, 0.25) is 5.02 Å². The number of nitrogens with one attached hydrogen (secondary N) is 1. The van der Waals surface area contributed by atoms with Crippen molar-refractivity contribution in [1.82, 2.24) is 0 Å². The van der Waals surface area contributed by atoms with E-state index >= 15 is 0 Å². The van der Waals surface area contributed by atoms with Crippen molar-refractivity contribution in [2.24, 2.45) is 5.41 Å². The van der Waals surface area contributed by atoms with Gasteiger partial charge in [-0.05, 0) is 99.9 Å². The fourth-order valence-electron chi connectivity index (χ4n) is 5.80. The lowest BCUT2D eigenvalue weighted by molar-refractivity contribution is -0.138. The second-order valence-corrected chi connectivity index (χ2v) is 11.6. The summed E-state index contributed by atoms with van der Waals surface area (Å²) in [5, 5.41) is 2.85. The van der Waals surface area contributed by atoms with E-state index in [0.717, 1.165) is 23.7 Å². The van der Waals surface area contributed by atoms with Crippen molar-refractivity contribution in [1.29, 1.82) is 0 Å². The van der Waals surface area contributed by atoms with Crippen molar-refractivity contribution < 1.29 is 28.2 Å². The van der Waals surface area contributed by atoms with Gasteiger partial charge >= 0.3 is 5.97 Å². The van der Waals surface area contributed by atoms with Crippen LogP contribution >= 0.6 is 11.6 Å². The van der Waals surface area contributed by atoms with Gasteiger partial charge in [0.1, 0.15) is 11.6 Å². The second kappa shape index (κ2) is 12.6. The van der Waals surface area contributed by atoms with Crippen LogP contribution in [-0.2, 0) is 16.0 Å². The van der Waals surface area contributed by atoms with E-state index in [4.69, 9.17) is 21.1 Å². The van der Waals surface area contributed by atoms with Crippen molar-refractivity contribution in [3.63, 3.8) is 0 Å². The molecule has 1 heterocycles. The Hall–Kier alpha value is -4.17. The van der Waals surface area contributed by atoms with Gasteiger partial charge < -0.3 is 19.7 Å². The van der Waals surface area contributed by atoms with Crippen molar-refractivity contribution in [3.05, 3.63) is 99.8 Å². The summed E-state index contributed by atoms with van der Waals surface area (Å²) < 4.78 is 25.1. The highest BCUT2D eigenvalue weighted by Crippen LogP contribution is 2.46. The molecular formula is C34H34ClFN2O5. The van der Waals surface area contributed by atoms with E-state index in [0.29, 0.717) is 55.0 Å². The maximum Gasteiger partial charge on any atom is 0.333 e. The predicted molar refractivity (Wildman–Crippen MR) is 164 cm³/mol. The number of carbonyl (C=O) groups is 3. The number of carbonyl (C=O) groups excluding carboxylic acids is 3. The molecule has 0 radical (unpaired) electrons. The molecule has 2 amide bonds. The molecule has 1 aliphatic carbocycles. The van der Waals surface area contributed by atoms with Gasteiger partial charge in [0.25, 0.3) is 11.8 Å². The highest BCUT2D eigenvalue weighted by atomic mass is 35.5. The minimum atomic E-state index is -0.601. The number of allylic oxidation sites excluding steroid dienone is 1. The van der Waals surface area contributed by atoms with E-state index in [1.165, 1.54) is 12.1 Å². The Kier molecular flexibility index (Phi) is 8.87. The summed E-state index contributed by atoms with van der Waals surface area (Å²) in [5.41, 5.74) is 3.01.